The minimum Gasteiger partial charge on any atom is -0.508 e. The van der Waals surface area contributed by atoms with Crippen LogP contribution in [0.4, 0.5) is 0 Å². The summed E-state index contributed by atoms with van der Waals surface area (Å²) in [6.07, 6.45) is 3.71. The summed E-state index contributed by atoms with van der Waals surface area (Å²) in [5, 5.41) is 28.8. The van der Waals surface area contributed by atoms with E-state index in [0.29, 0.717) is 24.7 Å². The van der Waals surface area contributed by atoms with E-state index in [4.69, 9.17) is 0 Å². The van der Waals surface area contributed by atoms with Gasteiger partial charge in [-0.05, 0) is 25.5 Å². The average Bonchev–Trinajstić information content (AvgIpc) is 2.52. The summed E-state index contributed by atoms with van der Waals surface area (Å²) in [5.74, 6) is -0.989. The van der Waals surface area contributed by atoms with Crippen LogP contribution in [-0.2, 0) is 4.79 Å². The van der Waals surface area contributed by atoms with Crippen molar-refractivity contribution < 1.29 is 15.0 Å². The summed E-state index contributed by atoms with van der Waals surface area (Å²) in [6.45, 7) is 3.20. The van der Waals surface area contributed by atoms with Crippen molar-refractivity contribution in [2.24, 2.45) is 0 Å². The van der Waals surface area contributed by atoms with Crippen molar-refractivity contribution in [1.29, 1.82) is 0 Å². The molecule has 1 fully saturated rings. The minimum absolute atomic E-state index is 0.00163. The van der Waals surface area contributed by atoms with Gasteiger partial charge in [0, 0.05) is 31.2 Å². The third kappa shape index (κ3) is 4.98. The number of nitrogens with one attached hydrogen (secondary N) is 3. The number of phenolic OH excluding ortho intramolecular Hbond substituents is 1. The second-order valence-corrected chi connectivity index (χ2v) is 5.64. The zero-order valence-electron chi connectivity index (χ0n) is 12.7. The fraction of sp³-hybridized carbons (Fsp3) is 0.562. The largest absolute Gasteiger partial charge is 0.508 e. The highest BCUT2D eigenvalue weighted by Gasteiger charge is 2.21. The van der Waals surface area contributed by atoms with Crippen LogP contribution < -0.4 is 16.0 Å². The first kappa shape index (κ1) is 16.7. The predicted octanol–water partition coefficient (Wildman–Crippen LogP) is 0.839. The minimum atomic E-state index is -0.990. The highest BCUT2D eigenvalue weighted by Crippen LogP contribution is 2.23. The molecular formula is C16H25N3O3. The van der Waals surface area contributed by atoms with Gasteiger partial charge in [0.05, 0.1) is 0 Å². The first-order chi connectivity index (χ1) is 10.7. The Morgan fingerprint density at radius 2 is 2.14 bits per heavy atom. The van der Waals surface area contributed by atoms with Crippen molar-refractivity contribution in [2.45, 2.75) is 31.3 Å². The lowest BCUT2D eigenvalue weighted by Crippen LogP contribution is -2.43. The van der Waals surface area contributed by atoms with E-state index in [1.165, 1.54) is 25.3 Å². The van der Waals surface area contributed by atoms with Crippen LogP contribution >= 0.6 is 0 Å². The van der Waals surface area contributed by atoms with Crippen LogP contribution in [0.3, 0.4) is 0 Å². The van der Waals surface area contributed by atoms with Gasteiger partial charge in [-0.2, -0.15) is 0 Å². The molecule has 2 atom stereocenters. The van der Waals surface area contributed by atoms with E-state index in [1.807, 2.05) is 0 Å². The van der Waals surface area contributed by atoms with E-state index in [9.17, 15) is 15.0 Å². The van der Waals surface area contributed by atoms with E-state index < -0.39 is 12.0 Å². The number of aromatic hydroxyl groups is 1. The molecule has 1 saturated heterocycles. The van der Waals surface area contributed by atoms with Crippen molar-refractivity contribution in [3.05, 3.63) is 29.8 Å². The maximum Gasteiger partial charge on any atom is 0.325 e. The Morgan fingerprint density at radius 1 is 1.32 bits per heavy atom. The van der Waals surface area contributed by atoms with E-state index in [2.05, 4.69) is 16.0 Å². The zero-order valence-corrected chi connectivity index (χ0v) is 12.7. The van der Waals surface area contributed by atoms with Gasteiger partial charge in [-0.1, -0.05) is 24.6 Å². The van der Waals surface area contributed by atoms with Gasteiger partial charge in [0.2, 0.25) is 0 Å². The Balaban J connectivity index is 1.73. The van der Waals surface area contributed by atoms with E-state index in [-0.39, 0.29) is 5.75 Å². The first-order valence-electron chi connectivity index (χ1n) is 7.86. The van der Waals surface area contributed by atoms with Gasteiger partial charge in [-0.25, -0.2) is 0 Å². The number of hydrogen-bond acceptors (Lipinski definition) is 5. The Bertz CT molecular complexity index is 475. The molecule has 6 nitrogen and oxygen atoms in total. The van der Waals surface area contributed by atoms with Gasteiger partial charge in [-0.3, -0.25) is 10.1 Å². The lowest BCUT2D eigenvalue weighted by Gasteiger charge is -2.24. The molecule has 2 unspecified atom stereocenters. The third-order valence-electron chi connectivity index (χ3n) is 3.95. The maximum atomic E-state index is 11.4. The molecule has 0 radical (unpaired) electrons. The normalized spacial score (nSPS) is 19.7. The van der Waals surface area contributed by atoms with Crippen molar-refractivity contribution in [3.63, 3.8) is 0 Å². The Kier molecular flexibility index (Phi) is 6.64. The molecule has 0 aromatic heterocycles. The summed E-state index contributed by atoms with van der Waals surface area (Å²) in [7, 11) is 0. The highest BCUT2D eigenvalue weighted by atomic mass is 16.4. The molecule has 1 aliphatic heterocycles. The monoisotopic (exact) mass is 307 g/mol. The summed E-state index contributed by atoms with van der Waals surface area (Å²) < 4.78 is 0. The molecule has 6 heteroatoms. The lowest BCUT2D eigenvalue weighted by molar-refractivity contribution is -0.139. The van der Waals surface area contributed by atoms with Gasteiger partial charge in [0.15, 0.2) is 0 Å². The Morgan fingerprint density at radius 3 is 2.82 bits per heavy atom. The molecule has 0 aliphatic carbocycles. The SMILES string of the molecule is O=C(O)C(NCCNCC1CCCCN1)c1ccccc1O. The van der Waals surface area contributed by atoms with Gasteiger partial charge >= 0.3 is 5.97 Å². The molecule has 2 rings (SSSR count). The number of benzene rings is 1. The number of para-hydroxylation sites is 1. The van der Waals surface area contributed by atoms with Crippen LogP contribution in [0.5, 0.6) is 5.75 Å². The molecule has 0 saturated carbocycles. The van der Waals surface area contributed by atoms with Crippen molar-refractivity contribution in [3.8, 4) is 5.75 Å². The van der Waals surface area contributed by atoms with Crippen LogP contribution in [0, 0.1) is 0 Å². The molecule has 1 aromatic carbocycles. The van der Waals surface area contributed by atoms with E-state index in [0.717, 1.165) is 13.1 Å². The van der Waals surface area contributed by atoms with Crippen molar-refractivity contribution >= 4 is 5.97 Å². The smallest absolute Gasteiger partial charge is 0.325 e. The van der Waals surface area contributed by atoms with Gasteiger partial charge in [0.25, 0.3) is 0 Å². The fourth-order valence-corrected chi connectivity index (χ4v) is 2.74. The van der Waals surface area contributed by atoms with Gasteiger partial charge in [-0.15, -0.1) is 0 Å². The molecule has 1 aromatic rings. The summed E-state index contributed by atoms with van der Waals surface area (Å²) >= 11 is 0. The maximum absolute atomic E-state index is 11.4. The summed E-state index contributed by atoms with van der Waals surface area (Å²) in [6, 6.07) is 6.15. The van der Waals surface area contributed by atoms with Crippen molar-refractivity contribution in [1.82, 2.24) is 16.0 Å². The molecular weight excluding hydrogens is 282 g/mol. The molecule has 0 amide bonds. The molecule has 22 heavy (non-hydrogen) atoms. The number of hydrogen-bond donors (Lipinski definition) is 5. The molecule has 1 aliphatic rings. The van der Waals surface area contributed by atoms with Crippen LogP contribution in [0.15, 0.2) is 24.3 Å². The Labute approximate surface area is 130 Å². The third-order valence-corrected chi connectivity index (χ3v) is 3.95. The number of carboxylic acids is 1. The molecule has 1 heterocycles. The number of aliphatic carboxylic acids is 1. The topological polar surface area (TPSA) is 93.6 Å². The van der Waals surface area contributed by atoms with Crippen LogP contribution in [0.1, 0.15) is 30.9 Å². The van der Waals surface area contributed by atoms with Gasteiger partial charge < -0.3 is 20.8 Å². The molecule has 5 N–H and O–H groups in total. The van der Waals surface area contributed by atoms with Crippen LogP contribution in [0.2, 0.25) is 0 Å². The van der Waals surface area contributed by atoms with Crippen LogP contribution in [0.25, 0.3) is 0 Å². The standard InChI is InChI=1S/C16H25N3O3/c20-14-7-2-1-6-13(14)15(16(21)22)19-10-9-17-11-12-5-3-4-8-18-12/h1-2,6-7,12,15,17-20H,3-5,8-11H2,(H,21,22). The summed E-state index contributed by atoms with van der Waals surface area (Å²) in [5.41, 5.74) is 0.393. The second-order valence-electron chi connectivity index (χ2n) is 5.64. The van der Waals surface area contributed by atoms with Gasteiger partial charge in [0.1, 0.15) is 11.8 Å². The predicted molar refractivity (Wildman–Crippen MR) is 85.0 cm³/mol. The molecule has 0 bridgehead atoms. The number of carboxylic acid groups (broad SMARTS) is 1. The quantitative estimate of drug-likeness (QED) is 0.457. The first-order valence-corrected chi connectivity index (χ1v) is 7.86. The summed E-state index contributed by atoms with van der Waals surface area (Å²) in [4.78, 5) is 11.4. The zero-order chi connectivity index (χ0) is 15.8. The average molecular weight is 307 g/mol. The van der Waals surface area contributed by atoms with Crippen molar-refractivity contribution in [2.75, 3.05) is 26.2 Å². The van der Waals surface area contributed by atoms with E-state index in [1.54, 1.807) is 18.2 Å². The highest BCUT2D eigenvalue weighted by molar-refractivity contribution is 5.76. The Hall–Kier alpha value is -1.63. The number of phenols is 1. The fourth-order valence-electron chi connectivity index (χ4n) is 2.74. The second kappa shape index (κ2) is 8.73. The molecule has 0 spiro atoms. The number of rotatable bonds is 8. The number of piperidine rings is 1. The van der Waals surface area contributed by atoms with Crippen LogP contribution in [-0.4, -0.2) is 48.4 Å². The molecule has 122 valence electrons. The van der Waals surface area contributed by atoms with E-state index >= 15 is 0 Å². The lowest BCUT2D eigenvalue weighted by atomic mass is 10.1. The number of carbonyl (C=O) groups is 1.